The maximum Gasteiger partial charge on any atom is 0.407 e. The molecule has 0 aromatic carbocycles. The number of rotatable bonds is 10. The lowest BCUT2D eigenvalue weighted by atomic mass is 9.83. The van der Waals surface area contributed by atoms with E-state index in [1.807, 2.05) is 20.8 Å². The second-order valence-corrected chi connectivity index (χ2v) is 12.5. The van der Waals surface area contributed by atoms with Crippen molar-refractivity contribution in [2.24, 2.45) is 16.2 Å². The normalized spacial score (nSPS) is 14.1. The van der Waals surface area contributed by atoms with E-state index >= 15 is 0 Å². The van der Waals surface area contributed by atoms with Crippen LogP contribution in [0.1, 0.15) is 89.5 Å². The Morgan fingerprint density at radius 1 is 0.750 bits per heavy atom. The number of hydrogen-bond acceptors (Lipinski definition) is 4. The minimum atomic E-state index is -0.491. The van der Waals surface area contributed by atoms with Gasteiger partial charge in [-0.3, -0.25) is 0 Å². The van der Waals surface area contributed by atoms with Crippen LogP contribution < -0.4 is 5.32 Å². The highest BCUT2D eigenvalue weighted by Gasteiger charge is 2.30. The molecule has 28 heavy (non-hydrogen) atoms. The summed E-state index contributed by atoms with van der Waals surface area (Å²) in [6.07, 6.45) is 0.607. The van der Waals surface area contributed by atoms with E-state index in [9.17, 15) is 4.79 Å². The molecule has 0 saturated heterocycles. The molecule has 0 aliphatic rings. The summed E-state index contributed by atoms with van der Waals surface area (Å²) >= 11 is 0. The highest BCUT2D eigenvalue weighted by atomic mass is 16.6. The largest absolute Gasteiger partial charge is 0.444 e. The van der Waals surface area contributed by atoms with E-state index in [0.717, 1.165) is 6.42 Å². The molecule has 168 valence electrons. The van der Waals surface area contributed by atoms with Gasteiger partial charge >= 0.3 is 6.09 Å². The van der Waals surface area contributed by atoms with E-state index in [1.165, 1.54) is 0 Å². The van der Waals surface area contributed by atoms with Crippen LogP contribution in [0.2, 0.25) is 0 Å². The van der Waals surface area contributed by atoms with E-state index in [-0.39, 0.29) is 21.8 Å². The van der Waals surface area contributed by atoms with Crippen molar-refractivity contribution in [1.29, 1.82) is 0 Å². The van der Waals surface area contributed by atoms with Gasteiger partial charge in [0.05, 0.1) is 25.4 Å². The van der Waals surface area contributed by atoms with E-state index in [2.05, 4.69) is 67.6 Å². The van der Waals surface area contributed by atoms with Gasteiger partial charge in [0.1, 0.15) is 5.60 Å². The number of carbonyl (C=O) groups is 1. The average molecular weight is 402 g/mol. The molecule has 0 atom stereocenters. The minimum Gasteiger partial charge on any atom is -0.444 e. The van der Waals surface area contributed by atoms with Gasteiger partial charge in [-0.2, -0.15) is 0 Å². The van der Waals surface area contributed by atoms with Crippen molar-refractivity contribution in [3.05, 3.63) is 0 Å². The van der Waals surface area contributed by atoms with Gasteiger partial charge in [-0.15, -0.1) is 0 Å². The highest BCUT2D eigenvalue weighted by molar-refractivity contribution is 5.67. The number of amides is 1. The molecular weight excluding hydrogens is 354 g/mol. The molecule has 0 aromatic rings. The zero-order valence-corrected chi connectivity index (χ0v) is 20.7. The SMILES string of the molecule is CC(C)(C)CC(C)(C)OCC(C)(C)COCC(C)(C)CNC(=O)OC(C)(C)C. The van der Waals surface area contributed by atoms with Crippen molar-refractivity contribution in [3.8, 4) is 0 Å². The van der Waals surface area contributed by atoms with Gasteiger partial charge in [0.2, 0.25) is 0 Å². The maximum atomic E-state index is 11.8. The molecule has 0 aliphatic carbocycles. The molecule has 0 heterocycles. The summed E-state index contributed by atoms with van der Waals surface area (Å²) in [6.45, 7) is 27.3. The highest BCUT2D eigenvalue weighted by Crippen LogP contribution is 2.31. The van der Waals surface area contributed by atoms with Crippen molar-refractivity contribution >= 4 is 6.09 Å². The number of hydrogen-bond donors (Lipinski definition) is 1. The Morgan fingerprint density at radius 3 is 1.71 bits per heavy atom. The Bertz CT molecular complexity index is 482. The van der Waals surface area contributed by atoms with E-state index < -0.39 is 11.7 Å². The molecular formula is C23H47NO4. The van der Waals surface area contributed by atoms with Crippen molar-refractivity contribution < 1.29 is 19.0 Å². The summed E-state index contributed by atoms with van der Waals surface area (Å²) in [6, 6.07) is 0. The lowest BCUT2D eigenvalue weighted by Gasteiger charge is -2.36. The Labute approximate surface area is 174 Å². The summed E-state index contributed by atoms with van der Waals surface area (Å²) in [5, 5.41) is 2.83. The number of carbonyl (C=O) groups excluding carboxylic acids is 1. The third kappa shape index (κ3) is 15.2. The molecule has 0 rings (SSSR count). The molecule has 0 aliphatic heterocycles. The first-order valence-electron chi connectivity index (χ1n) is 10.4. The van der Waals surface area contributed by atoms with Gasteiger partial charge in [-0.05, 0) is 46.5 Å². The third-order valence-corrected chi connectivity index (χ3v) is 3.91. The standard InChI is InChI=1S/C23H47NO4/c1-19(2,3)13-23(11,12)27-17-22(9,10)16-26-15-21(7,8)14-24-18(25)28-20(4,5)6/h13-17H2,1-12H3,(H,24,25). The van der Waals surface area contributed by atoms with Crippen LogP contribution in [0, 0.1) is 16.2 Å². The zero-order chi connectivity index (χ0) is 22.4. The first-order chi connectivity index (χ1) is 12.2. The quantitative estimate of drug-likeness (QED) is 0.502. The van der Waals surface area contributed by atoms with E-state index in [4.69, 9.17) is 14.2 Å². The van der Waals surface area contributed by atoms with Crippen LogP contribution in [0.25, 0.3) is 0 Å². The molecule has 1 amide bonds. The predicted octanol–water partition coefficient (Wildman–Crippen LogP) is 5.81. The van der Waals surface area contributed by atoms with Gasteiger partial charge in [-0.25, -0.2) is 4.79 Å². The van der Waals surface area contributed by atoms with Gasteiger partial charge in [0, 0.05) is 17.4 Å². The number of nitrogens with one attached hydrogen (secondary N) is 1. The van der Waals surface area contributed by atoms with Crippen LogP contribution in [0.4, 0.5) is 4.79 Å². The van der Waals surface area contributed by atoms with Gasteiger partial charge in [-0.1, -0.05) is 48.5 Å². The molecule has 0 saturated carbocycles. The average Bonchev–Trinajstić information content (AvgIpc) is 2.39. The Hall–Kier alpha value is -0.810. The fourth-order valence-corrected chi connectivity index (χ4v) is 3.04. The van der Waals surface area contributed by atoms with E-state index in [0.29, 0.717) is 26.4 Å². The Morgan fingerprint density at radius 2 is 1.25 bits per heavy atom. The molecule has 0 spiro atoms. The second-order valence-electron chi connectivity index (χ2n) is 12.5. The lowest BCUT2D eigenvalue weighted by Crippen LogP contribution is -2.40. The van der Waals surface area contributed by atoms with Crippen molar-refractivity contribution in [2.75, 3.05) is 26.4 Å². The van der Waals surface area contributed by atoms with Crippen LogP contribution in [0.3, 0.4) is 0 Å². The summed E-state index contributed by atoms with van der Waals surface area (Å²) in [4.78, 5) is 11.8. The Balaban J connectivity index is 4.35. The predicted molar refractivity (Wildman–Crippen MR) is 117 cm³/mol. The molecule has 5 heteroatoms. The number of alkyl carbamates (subject to hydrolysis) is 1. The van der Waals surface area contributed by atoms with Crippen LogP contribution in [0.15, 0.2) is 0 Å². The van der Waals surface area contributed by atoms with Gasteiger partial charge < -0.3 is 19.5 Å². The second kappa shape index (κ2) is 9.80. The van der Waals surface area contributed by atoms with Crippen LogP contribution in [-0.4, -0.2) is 43.7 Å². The fraction of sp³-hybridized carbons (Fsp3) is 0.957. The first kappa shape index (κ1) is 27.2. The van der Waals surface area contributed by atoms with Crippen molar-refractivity contribution in [1.82, 2.24) is 5.32 Å². The molecule has 1 N–H and O–H groups in total. The van der Waals surface area contributed by atoms with Gasteiger partial charge in [0.15, 0.2) is 0 Å². The summed E-state index contributed by atoms with van der Waals surface area (Å²) in [7, 11) is 0. The fourth-order valence-electron chi connectivity index (χ4n) is 3.04. The minimum absolute atomic E-state index is 0.0795. The molecule has 0 bridgehead atoms. The molecule has 0 unspecified atom stereocenters. The molecule has 0 aromatic heterocycles. The van der Waals surface area contributed by atoms with Crippen LogP contribution >= 0.6 is 0 Å². The zero-order valence-electron chi connectivity index (χ0n) is 20.7. The third-order valence-electron chi connectivity index (χ3n) is 3.91. The van der Waals surface area contributed by atoms with Gasteiger partial charge in [0.25, 0.3) is 0 Å². The monoisotopic (exact) mass is 401 g/mol. The summed E-state index contributed by atoms with van der Waals surface area (Å²) in [5.41, 5.74) is -0.680. The maximum absolute atomic E-state index is 11.8. The smallest absolute Gasteiger partial charge is 0.407 e. The van der Waals surface area contributed by atoms with Crippen LogP contribution in [-0.2, 0) is 14.2 Å². The molecule has 5 nitrogen and oxygen atoms in total. The summed E-state index contributed by atoms with van der Waals surface area (Å²) in [5.74, 6) is 0. The topological polar surface area (TPSA) is 56.8 Å². The Kier molecular flexibility index (Phi) is 9.51. The van der Waals surface area contributed by atoms with Crippen molar-refractivity contribution in [3.63, 3.8) is 0 Å². The summed E-state index contributed by atoms with van der Waals surface area (Å²) < 4.78 is 17.5. The van der Waals surface area contributed by atoms with Crippen LogP contribution in [0.5, 0.6) is 0 Å². The molecule has 0 radical (unpaired) electrons. The molecule has 0 fully saturated rings. The van der Waals surface area contributed by atoms with E-state index in [1.54, 1.807) is 0 Å². The van der Waals surface area contributed by atoms with Crippen molar-refractivity contribution in [2.45, 2.75) is 101 Å². The number of ether oxygens (including phenoxy) is 3. The lowest BCUT2D eigenvalue weighted by molar-refractivity contribution is -0.0949. The first-order valence-corrected chi connectivity index (χ1v) is 10.4.